The van der Waals surface area contributed by atoms with E-state index >= 15 is 0 Å². The van der Waals surface area contributed by atoms with Gasteiger partial charge in [-0.15, -0.1) is 0 Å². The van der Waals surface area contributed by atoms with Crippen molar-refractivity contribution in [1.29, 1.82) is 0 Å². The maximum absolute atomic E-state index is 12.5. The molecule has 0 radical (unpaired) electrons. The van der Waals surface area contributed by atoms with Gasteiger partial charge in [0, 0.05) is 12.1 Å². The SMILES string of the molecule is CNCc1cn[nH]c1S(=O)(=O)Nc1cc(C)ccc1OC. The summed E-state index contributed by atoms with van der Waals surface area (Å²) < 4.78 is 32.6. The first-order chi connectivity index (χ1) is 9.97. The Morgan fingerprint density at radius 2 is 2.14 bits per heavy atom. The Morgan fingerprint density at radius 1 is 1.38 bits per heavy atom. The number of nitrogens with zero attached hydrogens (tertiary/aromatic N) is 1. The third kappa shape index (κ3) is 3.34. The lowest BCUT2D eigenvalue weighted by Crippen LogP contribution is -2.17. The van der Waals surface area contributed by atoms with E-state index in [-0.39, 0.29) is 5.03 Å². The van der Waals surface area contributed by atoms with E-state index in [1.807, 2.05) is 13.0 Å². The van der Waals surface area contributed by atoms with Gasteiger partial charge in [0.1, 0.15) is 5.75 Å². The smallest absolute Gasteiger partial charge is 0.279 e. The van der Waals surface area contributed by atoms with Crippen LogP contribution in [0.1, 0.15) is 11.1 Å². The lowest BCUT2D eigenvalue weighted by Gasteiger charge is -2.12. The third-order valence-electron chi connectivity index (χ3n) is 2.91. The number of anilines is 1. The van der Waals surface area contributed by atoms with E-state index in [2.05, 4.69) is 20.2 Å². The zero-order chi connectivity index (χ0) is 15.5. The summed E-state index contributed by atoms with van der Waals surface area (Å²) in [6, 6.07) is 5.28. The number of aromatic nitrogens is 2. The fourth-order valence-corrected chi connectivity index (χ4v) is 3.14. The molecule has 0 fully saturated rings. The molecular formula is C13H18N4O3S. The van der Waals surface area contributed by atoms with Crippen LogP contribution in [0.15, 0.2) is 29.4 Å². The third-order valence-corrected chi connectivity index (χ3v) is 4.29. The molecule has 0 saturated carbocycles. The minimum absolute atomic E-state index is 0.0420. The highest BCUT2D eigenvalue weighted by Gasteiger charge is 2.22. The van der Waals surface area contributed by atoms with E-state index in [1.54, 1.807) is 19.2 Å². The van der Waals surface area contributed by atoms with Crippen LogP contribution in [0, 0.1) is 6.92 Å². The summed E-state index contributed by atoms with van der Waals surface area (Å²) in [5, 5.41) is 9.26. The monoisotopic (exact) mass is 310 g/mol. The second-order valence-electron chi connectivity index (χ2n) is 4.56. The molecule has 0 aliphatic heterocycles. The number of hydrogen-bond donors (Lipinski definition) is 3. The van der Waals surface area contributed by atoms with Gasteiger partial charge in [-0.3, -0.25) is 9.82 Å². The molecule has 0 amide bonds. The van der Waals surface area contributed by atoms with Crippen LogP contribution in [0.5, 0.6) is 5.75 Å². The van der Waals surface area contributed by atoms with Crippen LogP contribution < -0.4 is 14.8 Å². The lowest BCUT2D eigenvalue weighted by molar-refractivity contribution is 0.417. The van der Waals surface area contributed by atoms with Crippen LogP contribution in [0.25, 0.3) is 0 Å². The van der Waals surface area contributed by atoms with Gasteiger partial charge in [0.25, 0.3) is 10.0 Å². The normalized spacial score (nSPS) is 11.4. The predicted molar refractivity (Wildman–Crippen MR) is 79.9 cm³/mol. The number of hydrogen-bond acceptors (Lipinski definition) is 5. The average molecular weight is 310 g/mol. The Kier molecular flexibility index (Phi) is 4.49. The van der Waals surface area contributed by atoms with Gasteiger partial charge in [-0.05, 0) is 31.7 Å². The first kappa shape index (κ1) is 15.3. The number of aromatic amines is 1. The van der Waals surface area contributed by atoms with Crippen LogP contribution in [0.2, 0.25) is 0 Å². The Morgan fingerprint density at radius 3 is 2.81 bits per heavy atom. The molecule has 21 heavy (non-hydrogen) atoms. The van der Waals surface area contributed by atoms with E-state index in [4.69, 9.17) is 4.74 Å². The van der Waals surface area contributed by atoms with Crippen molar-refractivity contribution >= 4 is 15.7 Å². The molecule has 0 atom stereocenters. The Hall–Kier alpha value is -2.06. The summed E-state index contributed by atoms with van der Waals surface area (Å²) in [5.74, 6) is 0.457. The molecule has 0 spiro atoms. The van der Waals surface area contributed by atoms with Crippen molar-refractivity contribution in [2.24, 2.45) is 0 Å². The first-order valence-electron chi connectivity index (χ1n) is 6.32. The van der Waals surface area contributed by atoms with Gasteiger partial charge >= 0.3 is 0 Å². The van der Waals surface area contributed by atoms with Crippen molar-refractivity contribution in [3.63, 3.8) is 0 Å². The molecule has 0 unspecified atom stereocenters. The topological polar surface area (TPSA) is 96.1 Å². The molecule has 0 aliphatic carbocycles. The van der Waals surface area contributed by atoms with Crippen molar-refractivity contribution in [2.75, 3.05) is 18.9 Å². The van der Waals surface area contributed by atoms with E-state index in [9.17, 15) is 8.42 Å². The average Bonchev–Trinajstić information content (AvgIpc) is 2.88. The summed E-state index contributed by atoms with van der Waals surface area (Å²) >= 11 is 0. The molecule has 2 rings (SSSR count). The molecule has 1 heterocycles. The second kappa shape index (κ2) is 6.15. The van der Waals surface area contributed by atoms with Crippen LogP contribution in [0.4, 0.5) is 5.69 Å². The molecule has 8 heteroatoms. The minimum Gasteiger partial charge on any atom is -0.495 e. The van der Waals surface area contributed by atoms with E-state index in [1.165, 1.54) is 13.3 Å². The number of sulfonamides is 1. The fraction of sp³-hybridized carbons (Fsp3) is 0.308. The summed E-state index contributed by atoms with van der Waals surface area (Å²) in [6.45, 7) is 2.28. The maximum Gasteiger partial charge on any atom is 0.279 e. The molecule has 0 saturated heterocycles. The quantitative estimate of drug-likeness (QED) is 0.746. The second-order valence-corrected chi connectivity index (χ2v) is 6.18. The molecular weight excluding hydrogens is 292 g/mol. The fourth-order valence-electron chi connectivity index (χ4n) is 1.95. The van der Waals surface area contributed by atoms with Crippen molar-refractivity contribution in [2.45, 2.75) is 18.5 Å². The van der Waals surface area contributed by atoms with Gasteiger partial charge in [-0.25, -0.2) is 0 Å². The number of rotatable bonds is 6. The lowest BCUT2D eigenvalue weighted by atomic mass is 10.2. The molecule has 114 valence electrons. The molecule has 0 aliphatic rings. The highest BCUT2D eigenvalue weighted by Crippen LogP contribution is 2.28. The number of nitrogens with one attached hydrogen (secondary N) is 3. The summed E-state index contributed by atoms with van der Waals surface area (Å²) in [6.07, 6.45) is 1.48. The predicted octanol–water partition coefficient (Wildman–Crippen LogP) is 1.25. The van der Waals surface area contributed by atoms with Crippen molar-refractivity contribution < 1.29 is 13.2 Å². The number of methoxy groups -OCH3 is 1. The molecule has 3 N–H and O–H groups in total. The van der Waals surface area contributed by atoms with Crippen molar-refractivity contribution in [3.8, 4) is 5.75 Å². The molecule has 7 nitrogen and oxygen atoms in total. The van der Waals surface area contributed by atoms with Crippen molar-refractivity contribution in [3.05, 3.63) is 35.5 Å². The highest BCUT2D eigenvalue weighted by atomic mass is 32.2. The summed E-state index contributed by atoms with van der Waals surface area (Å²) in [5.41, 5.74) is 1.88. The molecule has 0 bridgehead atoms. The van der Waals surface area contributed by atoms with E-state index < -0.39 is 10.0 Å². The molecule has 1 aromatic heterocycles. The number of H-pyrrole nitrogens is 1. The first-order valence-corrected chi connectivity index (χ1v) is 7.80. The van der Waals surface area contributed by atoms with Crippen LogP contribution in [0.3, 0.4) is 0 Å². The highest BCUT2D eigenvalue weighted by molar-refractivity contribution is 7.92. The molecule has 2 aromatic rings. The van der Waals surface area contributed by atoms with Gasteiger partial charge < -0.3 is 10.1 Å². The Labute approximate surface area is 123 Å². The van der Waals surface area contributed by atoms with Crippen LogP contribution in [-0.4, -0.2) is 32.8 Å². The van der Waals surface area contributed by atoms with Gasteiger partial charge in [0.05, 0.1) is 19.0 Å². The van der Waals surface area contributed by atoms with Crippen LogP contribution in [-0.2, 0) is 16.6 Å². The minimum atomic E-state index is -3.76. The number of ether oxygens (including phenoxy) is 1. The van der Waals surface area contributed by atoms with Gasteiger partial charge in [-0.1, -0.05) is 6.07 Å². The van der Waals surface area contributed by atoms with Crippen molar-refractivity contribution in [1.82, 2.24) is 15.5 Å². The summed E-state index contributed by atoms with van der Waals surface area (Å²) in [4.78, 5) is 0. The van der Waals surface area contributed by atoms with Gasteiger partial charge in [0.15, 0.2) is 5.03 Å². The van der Waals surface area contributed by atoms with Gasteiger partial charge in [0.2, 0.25) is 0 Å². The largest absolute Gasteiger partial charge is 0.495 e. The zero-order valence-electron chi connectivity index (χ0n) is 12.1. The Bertz CT molecular complexity index is 725. The molecule has 1 aromatic carbocycles. The maximum atomic E-state index is 12.5. The van der Waals surface area contributed by atoms with E-state index in [0.717, 1.165) is 5.56 Å². The zero-order valence-corrected chi connectivity index (χ0v) is 12.9. The number of aryl methyl sites for hydroxylation is 1. The van der Waals surface area contributed by atoms with Crippen LogP contribution >= 0.6 is 0 Å². The van der Waals surface area contributed by atoms with E-state index in [0.29, 0.717) is 23.5 Å². The Balaban J connectivity index is 2.37. The standard InChI is InChI=1S/C13H18N4O3S/c1-9-4-5-12(20-3)11(6-9)17-21(18,19)13-10(7-14-2)8-15-16-13/h4-6,8,14,17H,7H2,1-3H3,(H,15,16). The van der Waals surface area contributed by atoms with Gasteiger partial charge in [-0.2, -0.15) is 13.5 Å². The number of benzene rings is 1. The summed E-state index contributed by atoms with van der Waals surface area (Å²) in [7, 11) is -0.533.